The summed E-state index contributed by atoms with van der Waals surface area (Å²) in [5.74, 6) is -0.0657. The summed E-state index contributed by atoms with van der Waals surface area (Å²) in [6.45, 7) is 8.91. The lowest BCUT2D eigenvalue weighted by Gasteiger charge is -2.32. The minimum Gasteiger partial charge on any atom is -0.359 e. The standard InChI is InChI=1S/C17H30N4O2/c1-12(2)11-21-9-7-13(8-10-21)19-17(23)20-15-6-4-5-14(15)16(22)18-3/h13-15H,1,4-11H2,2-3H3,(H,18,22)(H2,19,20,23). The summed E-state index contributed by atoms with van der Waals surface area (Å²) < 4.78 is 0. The SMILES string of the molecule is C=C(C)CN1CCC(NC(=O)NC2CCCC2C(=O)NC)CC1. The fraction of sp³-hybridized carbons (Fsp3) is 0.765. The van der Waals surface area contributed by atoms with E-state index in [-0.39, 0.29) is 29.9 Å². The Hall–Kier alpha value is -1.56. The largest absolute Gasteiger partial charge is 0.359 e. The number of carbonyl (C=O) groups is 2. The molecule has 1 aliphatic heterocycles. The predicted molar refractivity (Wildman–Crippen MR) is 91.1 cm³/mol. The van der Waals surface area contributed by atoms with Crippen molar-refractivity contribution >= 4 is 11.9 Å². The highest BCUT2D eigenvalue weighted by molar-refractivity contribution is 5.81. The first-order valence-corrected chi connectivity index (χ1v) is 8.65. The van der Waals surface area contributed by atoms with Crippen molar-refractivity contribution in [3.05, 3.63) is 12.2 Å². The Bertz CT molecular complexity index is 444. The van der Waals surface area contributed by atoms with Crippen molar-refractivity contribution in [2.45, 2.75) is 51.1 Å². The third-order valence-corrected chi connectivity index (χ3v) is 4.83. The van der Waals surface area contributed by atoms with E-state index in [0.717, 1.165) is 51.7 Å². The van der Waals surface area contributed by atoms with Crippen molar-refractivity contribution in [1.82, 2.24) is 20.9 Å². The average Bonchev–Trinajstić information content (AvgIpc) is 2.96. The number of nitrogens with one attached hydrogen (secondary N) is 3. The number of urea groups is 1. The van der Waals surface area contributed by atoms with E-state index in [4.69, 9.17) is 0 Å². The summed E-state index contributed by atoms with van der Waals surface area (Å²) in [4.78, 5) is 26.4. The topological polar surface area (TPSA) is 73.5 Å². The summed E-state index contributed by atoms with van der Waals surface area (Å²) in [5.41, 5.74) is 1.18. The van der Waals surface area contributed by atoms with E-state index in [1.54, 1.807) is 7.05 Å². The number of carbonyl (C=O) groups excluding carboxylic acids is 2. The van der Waals surface area contributed by atoms with Gasteiger partial charge in [0.05, 0.1) is 5.92 Å². The zero-order valence-electron chi connectivity index (χ0n) is 14.4. The minimum atomic E-state index is -0.135. The number of hydrogen-bond donors (Lipinski definition) is 3. The lowest BCUT2D eigenvalue weighted by Crippen LogP contribution is -2.52. The molecule has 0 aromatic heterocycles. The molecule has 2 aliphatic rings. The van der Waals surface area contributed by atoms with Crippen molar-refractivity contribution in [3.63, 3.8) is 0 Å². The quantitative estimate of drug-likeness (QED) is 0.667. The Morgan fingerprint density at radius 2 is 1.83 bits per heavy atom. The van der Waals surface area contributed by atoms with Gasteiger partial charge in [0.25, 0.3) is 0 Å². The average molecular weight is 322 g/mol. The Balaban J connectivity index is 1.73. The van der Waals surface area contributed by atoms with Crippen LogP contribution in [0.1, 0.15) is 39.0 Å². The Morgan fingerprint density at radius 3 is 2.43 bits per heavy atom. The van der Waals surface area contributed by atoms with Gasteiger partial charge in [-0.05, 0) is 32.6 Å². The molecular weight excluding hydrogens is 292 g/mol. The summed E-state index contributed by atoms with van der Waals surface area (Å²) in [6, 6.07) is 0.0406. The second-order valence-electron chi connectivity index (χ2n) is 6.88. The van der Waals surface area contributed by atoms with Crippen molar-refractivity contribution in [2.75, 3.05) is 26.7 Å². The second kappa shape index (κ2) is 8.34. The smallest absolute Gasteiger partial charge is 0.315 e. The van der Waals surface area contributed by atoms with Crippen molar-refractivity contribution < 1.29 is 9.59 Å². The zero-order chi connectivity index (χ0) is 16.8. The number of rotatable bonds is 5. The maximum atomic E-state index is 12.2. The molecule has 1 heterocycles. The lowest BCUT2D eigenvalue weighted by atomic mass is 10.0. The van der Waals surface area contributed by atoms with Gasteiger partial charge in [0.1, 0.15) is 0 Å². The fourth-order valence-electron chi connectivity index (χ4n) is 3.64. The van der Waals surface area contributed by atoms with Crippen molar-refractivity contribution in [3.8, 4) is 0 Å². The van der Waals surface area contributed by atoms with Gasteiger partial charge < -0.3 is 16.0 Å². The van der Waals surface area contributed by atoms with Gasteiger partial charge in [0, 0.05) is 38.8 Å². The van der Waals surface area contributed by atoms with Crippen LogP contribution in [-0.2, 0) is 4.79 Å². The maximum absolute atomic E-state index is 12.2. The highest BCUT2D eigenvalue weighted by Gasteiger charge is 2.33. The van der Waals surface area contributed by atoms with Crippen molar-refractivity contribution in [2.24, 2.45) is 5.92 Å². The van der Waals surface area contributed by atoms with E-state index >= 15 is 0 Å². The number of hydrogen-bond acceptors (Lipinski definition) is 3. The van der Waals surface area contributed by atoms with Gasteiger partial charge in [0.15, 0.2) is 0 Å². The second-order valence-corrected chi connectivity index (χ2v) is 6.88. The molecular formula is C17H30N4O2. The molecule has 0 spiro atoms. The van der Waals surface area contributed by atoms with E-state index < -0.39 is 0 Å². The Labute approximate surface area is 139 Å². The molecule has 2 atom stereocenters. The molecule has 130 valence electrons. The molecule has 0 aromatic carbocycles. The van der Waals surface area contributed by atoms with E-state index in [2.05, 4.69) is 27.4 Å². The Kier molecular flexibility index (Phi) is 6.45. The highest BCUT2D eigenvalue weighted by atomic mass is 16.2. The molecule has 2 unspecified atom stereocenters. The normalized spacial score (nSPS) is 25.8. The van der Waals surface area contributed by atoms with E-state index in [1.165, 1.54) is 5.57 Å². The van der Waals surface area contributed by atoms with E-state index in [1.807, 2.05) is 6.92 Å². The predicted octanol–water partition coefficient (Wildman–Crippen LogP) is 1.24. The van der Waals surface area contributed by atoms with Crippen LogP contribution in [0.4, 0.5) is 4.79 Å². The summed E-state index contributed by atoms with van der Waals surface area (Å²) >= 11 is 0. The van der Waals surface area contributed by atoms with Crippen LogP contribution in [0.2, 0.25) is 0 Å². The molecule has 0 aromatic rings. The molecule has 0 bridgehead atoms. The van der Waals surface area contributed by atoms with Crippen LogP contribution < -0.4 is 16.0 Å². The molecule has 1 aliphatic carbocycles. The number of piperidine rings is 1. The monoisotopic (exact) mass is 322 g/mol. The van der Waals surface area contributed by atoms with Gasteiger partial charge in [0.2, 0.25) is 5.91 Å². The van der Waals surface area contributed by atoms with Gasteiger partial charge in [-0.2, -0.15) is 0 Å². The third-order valence-electron chi connectivity index (χ3n) is 4.83. The van der Waals surface area contributed by atoms with Gasteiger partial charge in [-0.15, -0.1) is 0 Å². The van der Waals surface area contributed by atoms with Gasteiger partial charge in [-0.25, -0.2) is 4.79 Å². The summed E-state index contributed by atoms with van der Waals surface area (Å²) in [5, 5.41) is 8.75. The Morgan fingerprint density at radius 1 is 1.13 bits per heavy atom. The van der Waals surface area contributed by atoms with Crippen LogP contribution in [-0.4, -0.2) is 55.6 Å². The molecule has 1 saturated heterocycles. The minimum absolute atomic E-state index is 0.0286. The third kappa shape index (κ3) is 5.23. The van der Waals surface area contributed by atoms with Gasteiger partial charge >= 0.3 is 6.03 Å². The molecule has 2 fully saturated rings. The molecule has 23 heavy (non-hydrogen) atoms. The molecule has 1 saturated carbocycles. The lowest BCUT2D eigenvalue weighted by molar-refractivity contribution is -0.124. The summed E-state index contributed by atoms with van der Waals surface area (Å²) in [7, 11) is 1.65. The summed E-state index contributed by atoms with van der Waals surface area (Å²) in [6.07, 6.45) is 4.64. The van der Waals surface area contributed by atoms with Crippen LogP contribution in [0.5, 0.6) is 0 Å². The van der Waals surface area contributed by atoms with Gasteiger partial charge in [-0.3, -0.25) is 9.69 Å². The zero-order valence-corrected chi connectivity index (χ0v) is 14.4. The number of amides is 3. The van der Waals surface area contributed by atoms with Crippen LogP contribution >= 0.6 is 0 Å². The molecule has 6 nitrogen and oxygen atoms in total. The van der Waals surface area contributed by atoms with Crippen LogP contribution in [0.25, 0.3) is 0 Å². The molecule has 2 rings (SSSR count). The van der Waals surface area contributed by atoms with Crippen LogP contribution in [0.3, 0.4) is 0 Å². The first-order chi connectivity index (χ1) is 11.0. The van der Waals surface area contributed by atoms with Crippen LogP contribution in [0, 0.1) is 5.92 Å². The fourth-order valence-corrected chi connectivity index (χ4v) is 3.64. The molecule has 6 heteroatoms. The first kappa shape index (κ1) is 17.8. The van der Waals surface area contributed by atoms with Gasteiger partial charge in [-0.1, -0.05) is 18.6 Å². The van der Waals surface area contributed by atoms with E-state index in [0.29, 0.717) is 0 Å². The maximum Gasteiger partial charge on any atom is 0.315 e. The van der Waals surface area contributed by atoms with Crippen LogP contribution in [0.15, 0.2) is 12.2 Å². The molecule has 0 radical (unpaired) electrons. The number of nitrogens with zero attached hydrogens (tertiary/aromatic N) is 1. The molecule has 3 amide bonds. The first-order valence-electron chi connectivity index (χ1n) is 8.65. The molecule has 3 N–H and O–H groups in total. The highest BCUT2D eigenvalue weighted by Crippen LogP contribution is 2.25. The number of likely N-dealkylation sites (tertiary alicyclic amines) is 1. The van der Waals surface area contributed by atoms with Crippen molar-refractivity contribution in [1.29, 1.82) is 0 Å². The van der Waals surface area contributed by atoms with E-state index in [9.17, 15) is 9.59 Å².